The van der Waals surface area contributed by atoms with Gasteiger partial charge in [0.15, 0.2) is 0 Å². The average molecular weight is 702 g/mol. The topological polar surface area (TPSA) is 43.9 Å². The van der Waals surface area contributed by atoms with E-state index in [1.807, 2.05) is 24.4 Å². The molecule has 0 unspecified atom stereocenters. The Hall–Kier alpha value is -6.26. The number of para-hydroxylation sites is 2. The summed E-state index contributed by atoms with van der Waals surface area (Å²) in [5, 5.41) is 3.45. The van der Waals surface area contributed by atoms with E-state index in [0.29, 0.717) is 0 Å². The van der Waals surface area contributed by atoms with Crippen LogP contribution in [-0.4, -0.2) is 14.5 Å². The Labute approximate surface area is 316 Å². The summed E-state index contributed by atoms with van der Waals surface area (Å²) < 4.78 is 8.45. The molecule has 0 aliphatic rings. The van der Waals surface area contributed by atoms with Crippen molar-refractivity contribution < 1.29 is 4.42 Å². The van der Waals surface area contributed by atoms with Crippen molar-refractivity contribution in [2.75, 3.05) is 0 Å². The van der Waals surface area contributed by atoms with E-state index < -0.39 is 0 Å². The van der Waals surface area contributed by atoms with Crippen molar-refractivity contribution in [2.45, 2.75) is 52.4 Å². The molecule has 0 radical (unpaired) electrons. The van der Waals surface area contributed by atoms with E-state index in [0.717, 1.165) is 78.2 Å². The van der Waals surface area contributed by atoms with E-state index >= 15 is 0 Å². The Kier molecular flexibility index (Phi) is 7.90. The van der Waals surface area contributed by atoms with E-state index in [4.69, 9.17) is 14.4 Å². The van der Waals surface area contributed by atoms with Crippen LogP contribution >= 0.6 is 0 Å². The number of hydrogen-bond acceptors (Lipinski definition) is 3. The van der Waals surface area contributed by atoms with Crippen molar-refractivity contribution in [3.05, 3.63) is 163 Å². The van der Waals surface area contributed by atoms with Crippen LogP contribution in [0.5, 0.6) is 0 Å². The summed E-state index contributed by atoms with van der Waals surface area (Å²) in [6.45, 7) is 13.6. The monoisotopic (exact) mass is 701 g/mol. The third kappa shape index (κ3) is 6.08. The van der Waals surface area contributed by atoms with Gasteiger partial charge in [-0.25, -0.2) is 4.98 Å². The van der Waals surface area contributed by atoms with Crippen molar-refractivity contribution in [3.63, 3.8) is 0 Å². The molecule has 5 aromatic carbocycles. The molecule has 0 aliphatic heterocycles. The summed E-state index contributed by atoms with van der Waals surface area (Å²) in [5.74, 6) is 0.871. The van der Waals surface area contributed by atoms with E-state index in [-0.39, 0.29) is 10.8 Å². The quantitative estimate of drug-likeness (QED) is 0.179. The zero-order valence-corrected chi connectivity index (χ0v) is 31.7. The highest BCUT2D eigenvalue weighted by atomic mass is 16.3. The number of hydrogen-bond donors (Lipinski definition) is 0. The number of benzene rings is 5. The van der Waals surface area contributed by atoms with Gasteiger partial charge in [-0.1, -0.05) is 114 Å². The van der Waals surface area contributed by atoms with Crippen LogP contribution in [0.1, 0.15) is 52.7 Å². The van der Waals surface area contributed by atoms with Crippen LogP contribution in [0.3, 0.4) is 0 Å². The van der Waals surface area contributed by atoms with Crippen molar-refractivity contribution in [1.82, 2.24) is 14.5 Å². The Morgan fingerprint density at radius 1 is 0.500 bits per heavy atom. The number of rotatable bonds is 5. The first-order chi connectivity index (χ1) is 26.0. The molecule has 0 bridgehead atoms. The molecule has 4 nitrogen and oxygen atoms in total. The fourth-order valence-corrected chi connectivity index (χ4v) is 7.45. The fraction of sp³-hybridized carbons (Fsp3) is 0.160. The molecule has 9 aromatic rings. The van der Waals surface area contributed by atoms with Gasteiger partial charge in [0.05, 0.1) is 16.9 Å². The fourth-order valence-electron chi connectivity index (χ4n) is 7.45. The lowest BCUT2D eigenvalue weighted by molar-refractivity contribution is 0.590. The van der Waals surface area contributed by atoms with Crippen molar-refractivity contribution >= 4 is 32.9 Å². The molecular formula is C50H43N3O. The molecule has 264 valence electrons. The number of aromatic nitrogens is 3. The maximum atomic E-state index is 6.13. The molecule has 4 heterocycles. The number of furan rings is 1. The first kappa shape index (κ1) is 33.6. The molecule has 0 fully saturated rings. The van der Waals surface area contributed by atoms with E-state index in [1.165, 1.54) is 16.5 Å². The number of fused-ring (bicyclic) bond motifs is 4. The third-order valence-electron chi connectivity index (χ3n) is 10.6. The Balaban J connectivity index is 1.13. The Morgan fingerprint density at radius 2 is 1.22 bits per heavy atom. The molecule has 4 heteroatoms. The maximum Gasteiger partial charge on any atom is 0.146 e. The van der Waals surface area contributed by atoms with Gasteiger partial charge in [-0.15, -0.1) is 0 Å². The highest BCUT2D eigenvalue weighted by Gasteiger charge is 2.21. The van der Waals surface area contributed by atoms with Crippen LogP contribution in [0.2, 0.25) is 0 Å². The van der Waals surface area contributed by atoms with Gasteiger partial charge in [0.2, 0.25) is 0 Å². The zero-order chi connectivity index (χ0) is 37.2. The van der Waals surface area contributed by atoms with Crippen LogP contribution in [0.4, 0.5) is 0 Å². The molecule has 0 saturated carbocycles. The highest BCUT2D eigenvalue weighted by Crippen LogP contribution is 2.38. The smallest absolute Gasteiger partial charge is 0.146 e. The van der Waals surface area contributed by atoms with Crippen molar-refractivity contribution in [3.8, 4) is 50.7 Å². The van der Waals surface area contributed by atoms with E-state index in [2.05, 4.69) is 174 Å². The van der Waals surface area contributed by atoms with Crippen LogP contribution in [0, 0.1) is 0 Å². The number of pyridine rings is 2. The van der Waals surface area contributed by atoms with Crippen molar-refractivity contribution in [1.29, 1.82) is 0 Å². The summed E-state index contributed by atoms with van der Waals surface area (Å²) in [6.07, 6.45) is 1.91. The molecule has 0 spiro atoms. The maximum absolute atomic E-state index is 6.13. The van der Waals surface area contributed by atoms with Gasteiger partial charge in [0.1, 0.15) is 17.0 Å². The van der Waals surface area contributed by atoms with E-state index in [9.17, 15) is 0 Å². The second-order valence-corrected chi connectivity index (χ2v) is 16.4. The Morgan fingerprint density at radius 3 is 2.00 bits per heavy atom. The number of nitrogens with zero attached hydrogens (tertiary/aromatic N) is 3. The summed E-state index contributed by atoms with van der Waals surface area (Å²) in [7, 11) is 0. The highest BCUT2D eigenvalue weighted by molar-refractivity contribution is 6.08. The SMILES string of the molecule is CC(C)(C)c1cc(-c2cc(-c3ccc(-c4cc5ccccc5o4)cc3)ccn2)cc(-c2ccc3c4ccccc4n(-c4cccc(C(C)(C)C)c4)c3n2)c1. The van der Waals surface area contributed by atoms with Crippen LogP contribution in [0.15, 0.2) is 156 Å². The lowest BCUT2D eigenvalue weighted by Crippen LogP contribution is -2.11. The van der Waals surface area contributed by atoms with Gasteiger partial charge in [0.25, 0.3) is 0 Å². The second-order valence-electron chi connectivity index (χ2n) is 16.4. The molecule has 0 amide bonds. The standard InChI is InChI=1S/C50H43N3O/c1-49(2,3)38-13-11-14-40(31-38)53-45-16-9-8-15-41(45)42-22-23-43(52-48(42)53)36-26-37(28-39(27-36)50(4,5)6)44-29-34(24-25-51-44)32-18-20-33(21-19-32)47-30-35-12-7-10-17-46(35)54-47/h7-31H,1-6H3. The summed E-state index contributed by atoms with van der Waals surface area (Å²) >= 11 is 0. The molecule has 0 saturated heterocycles. The third-order valence-corrected chi connectivity index (χ3v) is 10.6. The van der Waals surface area contributed by atoms with Gasteiger partial charge >= 0.3 is 0 Å². The molecule has 9 rings (SSSR count). The van der Waals surface area contributed by atoms with Crippen molar-refractivity contribution in [2.24, 2.45) is 0 Å². The minimum Gasteiger partial charge on any atom is -0.456 e. The second kappa shape index (κ2) is 12.7. The zero-order valence-electron chi connectivity index (χ0n) is 31.7. The summed E-state index contributed by atoms with van der Waals surface area (Å²) in [6, 6.07) is 51.8. The predicted molar refractivity (Wildman–Crippen MR) is 225 cm³/mol. The molecular weight excluding hydrogens is 659 g/mol. The molecule has 4 aromatic heterocycles. The molecule has 0 aliphatic carbocycles. The summed E-state index contributed by atoms with van der Waals surface area (Å²) in [4.78, 5) is 10.4. The van der Waals surface area contributed by atoms with Crippen LogP contribution < -0.4 is 0 Å². The van der Waals surface area contributed by atoms with Gasteiger partial charge in [0, 0.05) is 44.7 Å². The lowest BCUT2D eigenvalue weighted by atomic mass is 9.84. The molecule has 0 N–H and O–H groups in total. The molecule has 0 atom stereocenters. The largest absolute Gasteiger partial charge is 0.456 e. The van der Waals surface area contributed by atoms with Gasteiger partial charge in [-0.2, -0.15) is 0 Å². The minimum atomic E-state index is -0.0821. The predicted octanol–water partition coefficient (Wildman–Crippen LogP) is 13.6. The van der Waals surface area contributed by atoms with E-state index in [1.54, 1.807) is 0 Å². The first-order valence-electron chi connectivity index (χ1n) is 18.7. The average Bonchev–Trinajstić information content (AvgIpc) is 3.77. The minimum absolute atomic E-state index is 0.0292. The van der Waals surface area contributed by atoms with Gasteiger partial charge in [-0.05, 0) is 106 Å². The van der Waals surface area contributed by atoms with Crippen LogP contribution in [0.25, 0.3) is 83.6 Å². The summed E-state index contributed by atoms with van der Waals surface area (Å²) in [5.41, 5.74) is 13.9. The lowest BCUT2D eigenvalue weighted by Gasteiger charge is -2.21. The first-order valence-corrected chi connectivity index (χ1v) is 18.7. The van der Waals surface area contributed by atoms with Gasteiger partial charge in [-0.3, -0.25) is 9.55 Å². The molecule has 54 heavy (non-hydrogen) atoms. The Bertz CT molecular complexity index is 2810. The normalized spacial score (nSPS) is 12.3. The van der Waals surface area contributed by atoms with Crippen LogP contribution in [-0.2, 0) is 10.8 Å². The van der Waals surface area contributed by atoms with Gasteiger partial charge < -0.3 is 4.42 Å².